The molecule has 34 heavy (non-hydrogen) atoms. The fourth-order valence-electron chi connectivity index (χ4n) is 3.10. The molecule has 3 aromatic carbocycles. The highest BCUT2D eigenvalue weighted by Crippen LogP contribution is 2.18. The molecule has 8 nitrogen and oxygen atoms in total. The van der Waals surface area contributed by atoms with Gasteiger partial charge in [0.2, 0.25) is 10.0 Å². The molecule has 2 amide bonds. The summed E-state index contributed by atoms with van der Waals surface area (Å²) in [5.74, 6) is -0.823. The SMILES string of the molecule is C/C(=N/NC(=O)CN(c1ccc(C)cc1)S(C)(=O)=O)c1cccc(NC(=O)c2ccccc2)c1. The molecule has 0 heterocycles. The number of nitrogens with zero attached hydrogens (tertiary/aromatic N) is 2. The number of amides is 2. The van der Waals surface area contributed by atoms with Crippen LogP contribution in [0.2, 0.25) is 0 Å². The predicted octanol–water partition coefficient (Wildman–Crippen LogP) is 3.55. The molecule has 9 heteroatoms. The van der Waals surface area contributed by atoms with E-state index in [2.05, 4.69) is 15.8 Å². The molecular formula is C25H26N4O4S. The molecule has 3 aromatic rings. The number of sulfonamides is 1. The standard InChI is InChI=1S/C25H26N4O4S/c1-18-12-14-23(15-13-18)29(34(3,32)33)17-24(30)28-27-19(2)21-10-7-11-22(16-21)26-25(31)20-8-5-4-6-9-20/h4-16H,17H2,1-3H3,(H,26,31)(H,28,30)/b27-19-. The quantitative estimate of drug-likeness (QED) is 0.381. The molecule has 0 aliphatic carbocycles. The van der Waals surface area contributed by atoms with E-state index in [1.165, 1.54) is 0 Å². The third-order valence-corrected chi connectivity index (χ3v) is 6.07. The van der Waals surface area contributed by atoms with Crippen molar-refractivity contribution in [1.29, 1.82) is 0 Å². The van der Waals surface area contributed by atoms with E-state index in [1.54, 1.807) is 79.7 Å². The molecule has 0 aliphatic rings. The average molecular weight is 479 g/mol. The van der Waals surface area contributed by atoms with Gasteiger partial charge in [0.05, 0.1) is 17.7 Å². The van der Waals surface area contributed by atoms with Crippen molar-refractivity contribution >= 4 is 38.9 Å². The second-order valence-corrected chi connectivity index (χ2v) is 9.65. The topological polar surface area (TPSA) is 108 Å². The number of hydrogen-bond acceptors (Lipinski definition) is 5. The lowest BCUT2D eigenvalue weighted by Crippen LogP contribution is -2.39. The van der Waals surface area contributed by atoms with Gasteiger partial charge in [-0.05, 0) is 55.8 Å². The molecule has 0 aromatic heterocycles. The smallest absolute Gasteiger partial charge is 0.260 e. The fourth-order valence-corrected chi connectivity index (χ4v) is 3.96. The van der Waals surface area contributed by atoms with Crippen molar-refractivity contribution in [3.63, 3.8) is 0 Å². The highest BCUT2D eigenvalue weighted by Gasteiger charge is 2.20. The van der Waals surface area contributed by atoms with Gasteiger partial charge in [0.25, 0.3) is 11.8 Å². The number of carbonyl (C=O) groups is 2. The lowest BCUT2D eigenvalue weighted by Gasteiger charge is -2.21. The summed E-state index contributed by atoms with van der Waals surface area (Å²) in [6.45, 7) is 3.18. The first-order valence-corrected chi connectivity index (χ1v) is 12.3. The van der Waals surface area contributed by atoms with Crippen molar-refractivity contribution in [3.05, 3.63) is 95.6 Å². The Labute approximate surface area is 199 Å². The lowest BCUT2D eigenvalue weighted by molar-refractivity contribution is -0.119. The van der Waals surface area contributed by atoms with Gasteiger partial charge < -0.3 is 5.32 Å². The Hall–Kier alpha value is -3.98. The molecule has 176 valence electrons. The van der Waals surface area contributed by atoms with Gasteiger partial charge in [0.1, 0.15) is 6.54 Å². The molecule has 0 saturated carbocycles. The highest BCUT2D eigenvalue weighted by atomic mass is 32.2. The molecule has 2 N–H and O–H groups in total. The summed E-state index contributed by atoms with van der Waals surface area (Å²) in [7, 11) is -3.67. The summed E-state index contributed by atoms with van der Waals surface area (Å²) in [6.07, 6.45) is 1.05. The zero-order valence-corrected chi connectivity index (χ0v) is 20.0. The Bertz CT molecular complexity index is 1300. The van der Waals surface area contributed by atoms with E-state index in [4.69, 9.17) is 0 Å². The molecule has 0 bridgehead atoms. The van der Waals surface area contributed by atoms with E-state index < -0.39 is 22.5 Å². The van der Waals surface area contributed by atoms with Crippen LogP contribution in [0.5, 0.6) is 0 Å². The number of nitrogens with one attached hydrogen (secondary N) is 2. The fraction of sp³-hybridized carbons (Fsp3) is 0.160. The summed E-state index contributed by atoms with van der Waals surface area (Å²) < 4.78 is 25.5. The van der Waals surface area contributed by atoms with Crippen LogP contribution >= 0.6 is 0 Å². The zero-order valence-electron chi connectivity index (χ0n) is 19.1. The molecule has 0 atom stereocenters. The van der Waals surface area contributed by atoms with Crippen LogP contribution in [-0.4, -0.2) is 38.7 Å². The third-order valence-electron chi connectivity index (χ3n) is 4.93. The van der Waals surface area contributed by atoms with Crippen LogP contribution in [0.3, 0.4) is 0 Å². The van der Waals surface area contributed by atoms with E-state index in [0.717, 1.165) is 16.1 Å². The first kappa shape index (κ1) is 24.7. The molecule has 0 aliphatic heterocycles. The number of hydrazone groups is 1. The van der Waals surface area contributed by atoms with Crippen molar-refractivity contribution in [1.82, 2.24) is 5.43 Å². The highest BCUT2D eigenvalue weighted by molar-refractivity contribution is 7.92. The van der Waals surface area contributed by atoms with Gasteiger partial charge in [0.15, 0.2) is 0 Å². The normalized spacial score (nSPS) is 11.6. The van der Waals surface area contributed by atoms with E-state index in [1.807, 2.05) is 13.0 Å². The molecule has 0 spiro atoms. The van der Waals surface area contributed by atoms with Gasteiger partial charge in [-0.15, -0.1) is 0 Å². The summed E-state index contributed by atoms with van der Waals surface area (Å²) >= 11 is 0. The number of hydrogen-bond donors (Lipinski definition) is 2. The summed E-state index contributed by atoms with van der Waals surface area (Å²) in [5, 5.41) is 6.93. The van der Waals surface area contributed by atoms with Crippen molar-refractivity contribution in [2.75, 3.05) is 22.4 Å². The van der Waals surface area contributed by atoms with Gasteiger partial charge in [-0.2, -0.15) is 5.10 Å². The van der Waals surface area contributed by atoms with Crippen LogP contribution in [0.15, 0.2) is 84.0 Å². The van der Waals surface area contributed by atoms with E-state index >= 15 is 0 Å². The van der Waals surface area contributed by atoms with Gasteiger partial charge in [0, 0.05) is 11.3 Å². The minimum absolute atomic E-state index is 0.238. The van der Waals surface area contributed by atoms with Crippen LogP contribution in [0.4, 0.5) is 11.4 Å². The van der Waals surface area contributed by atoms with Gasteiger partial charge >= 0.3 is 0 Å². The second-order valence-electron chi connectivity index (χ2n) is 7.74. The minimum Gasteiger partial charge on any atom is -0.322 e. The van der Waals surface area contributed by atoms with Gasteiger partial charge in [-0.1, -0.05) is 48.0 Å². The molecular weight excluding hydrogens is 452 g/mol. The number of benzene rings is 3. The van der Waals surface area contributed by atoms with Crippen LogP contribution in [0.1, 0.15) is 28.4 Å². The Morgan fingerprint density at radius 2 is 1.56 bits per heavy atom. The summed E-state index contributed by atoms with van der Waals surface area (Å²) in [4.78, 5) is 24.8. The molecule has 0 radical (unpaired) electrons. The lowest BCUT2D eigenvalue weighted by atomic mass is 10.1. The van der Waals surface area contributed by atoms with Crippen molar-refractivity contribution in [2.24, 2.45) is 5.10 Å². The maximum absolute atomic E-state index is 12.5. The van der Waals surface area contributed by atoms with Gasteiger partial charge in [-0.25, -0.2) is 13.8 Å². The van der Waals surface area contributed by atoms with Crippen molar-refractivity contribution in [3.8, 4) is 0 Å². The van der Waals surface area contributed by atoms with Crippen LogP contribution in [-0.2, 0) is 14.8 Å². The Morgan fingerprint density at radius 1 is 0.912 bits per heavy atom. The van der Waals surface area contributed by atoms with Crippen LogP contribution in [0.25, 0.3) is 0 Å². The predicted molar refractivity (Wildman–Crippen MR) is 135 cm³/mol. The van der Waals surface area contributed by atoms with E-state index in [9.17, 15) is 18.0 Å². The maximum Gasteiger partial charge on any atom is 0.260 e. The van der Waals surface area contributed by atoms with Crippen LogP contribution in [0, 0.1) is 6.92 Å². The number of rotatable bonds is 8. The minimum atomic E-state index is -3.67. The first-order valence-electron chi connectivity index (χ1n) is 10.5. The summed E-state index contributed by atoms with van der Waals surface area (Å²) in [6, 6.07) is 22.7. The Kier molecular flexibility index (Phi) is 7.80. The second kappa shape index (κ2) is 10.8. The number of anilines is 2. The molecule has 0 saturated heterocycles. The van der Waals surface area contributed by atoms with Crippen LogP contribution < -0.4 is 15.0 Å². The molecule has 3 rings (SSSR count). The van der Waals surface area contributed by atoms with E-state index in [0.29, 0.717) is 28.2 Å². The largest absolute Gasteiger partial charge is 0.322 e. The molecule has 0 unspecified atom stereocenters. The Balaban J connectivity index is 1.68. The third kappa shape index (κ3) is 6.76. The van der Waals surface area contributed by atoms with E-state index in [-0.39, 0.29) is 5.91 Å². The number of carbonyl (C=O) groups excluding carboxylic acids is 2. The van der Waals surface area contributed by atoms with Crippen molar-refractivity contribution in [2.45, 2.75) is 13.8 Å². The zero-order chi connectivity index (χ0) is 24.7. The summed E-state index contributed by atoms with van der Waals surface area (Å²) in [5.41, 5.74) is 6.07. The average Bonchev–Trinajstić information content (AvgIpc) is 2.81. The first-order chi connectivity index (χ1) is 16.1. The monoisotopic (exact) mass is 478 g/mol. The molecule has 0 fully saturated rings. The number of aryl methyl sites for hydroxylation is 1. The maximum atomic E-state index is 12.5. The van der Waals surface area contributed by atoms with Crippen molar-refractivity contribution < 1.29 is 18.0 Å². The van der Waals surface area contributed by atoms with Gasteiger partial charge in [-0.3, -0.25) is 13.9 Å². The Morgan fingerprint density at radius 3 is 2.21 bits per heavy atom.